The Balaban J connectivity index is 2.55. The lowest BCUT2D eigenvalue weighted by Gasteiger charge is -2.11. The predicted molar refractivity (Wildman–Crippen MR) is 74.1 cm³/mol. The Morgan fingerprint density at radius 2 is 2.04 bits per heavy atom. The molecular weight excluding hydrogens is 315 g/mol. The number of alkyl halides is 3. The molecule has 1 atom stereocenters. The summed E-state index contributed by atoms with van der Waals surface area (Å²) in [5, 5.41) is 11.1. The summed E-state index contributed by atoms with van der Waals surface area (Å²) in [6, 6.07) is 0.867. The number of aryl methyl sites for hydroxylation is 1. The lowest BCUT2D eigenvalue weighted by molar-refractivity contribution is -0.139. The maximum Gasteiger partial charge on any atom is 0.417 e. The maximum absolute atomic E-state index is 12.8. The van der Waals surface area contributed by atoms with Gasteiger partial charge in [-0.15, -0.1) is 0 Å². The minimum absolute atomic E-state index is 0.0956. The van der Waals surface area contributed by atoms with Crippen molar-refractivity contribution in [3.63, 3.8) is 0 Å². The van der Waals surface area contributed by atoms with Crippen LogP contribution in [0.3, 0.4) is 0 Å². The van der Waals surface area contributed by atoms with E-state index in [2.05, 4.69) is 10.3 Å². The zero-order chi connectivity index (χ0) is 17.4. The number of nitrogens with one attached hydrogen (secondary N) is 1. The highest BCUT2D eigenvalue weighted by molar-refractivity contribution is 5.97. The Hall–Kier alpha value is -2.58. The van der Waals surface area contributed by atoms with Crippen molar-refractivity contribution in [2.75, 3.05) is 0 Å². The molecule has 0 radical (unpaired) electrons. The Morgan fingerprint density at radius 1 is 1.39 bits per heavy atom. The van der Waals surface area contributed by atoms with Gasteiger partial charge in [-0.25, -0.2) is 4.98 Å². The largest absolute Gasteiger partial charge is 0.480 e. The molecular formula is C14H14F3N3O3. The van der Waals surface area contributed by atoms with Crippen LogP contribution in [0.25, 0.3) is 5.65 Å². The molecule has 23 heavy (non-hydrogen) atoms. The number of amides is 1. The van der Waals surface area contributed by atoms with Crippen LogP contribution in [0.5, 0.6) is 0 Å². The van der Waals surface area contributed by atoms with Crippen molar-refractivity contribution < 1.29 is 27.9 Å². The number of carbonyl (C=O) groups is 2. The lowest BCUT2D eigenvalue weighted by Crippen LogP contribution is -2.39. The van der Waals surface area contributed by atoms with E-state index in [0.717, 1.165) is 16.7 Å². The molecule has 2 aromatic heterocycles. The molecule has 0 aliphatic rings. The highest BCUT2D eigenvalue weighted by Crippen LogP contribution is 2.29. The highest BCUT2D eigenvalue weighted by Gasteiger charge is 2.32. The van der Waals surface area contributed by atoms with E-state index in [9.17, 15) is 22.8 Å². The average Bonchev–Trinajstić information content (AvgIpc) is 2.83. The van der Waals surface area contributed by atoms with Gasteiger partial charge >= 0.3 is 12.1 Å². The minimum atomic E-state index is -4.56. The highest BCUT2D eigenvalue weighted by atomic mass is 19.4. The summed E-state index contributed by atoms with van der Waals surface area (Å²) < 4.78 is 39.6. The molecule has 0 aromatic carbocycles. The molecule has 0 saturated carbocycles. The fourth-order valence-corrected chi connectivity index (χ4v) is 2.07. The van der Waals surface area contributed by atoms with Gasteiger partial charge in [-0.3, -0.25) is 14.0 Å². The lowest BCUT2D eigenvalue weighted by atomic mass is 10.2. The first kappa shape index (κ1) is 16.8. The number of hydrogen-bond donors (Lipinski definition) is 2. The van der Waals surface area contributed by atoms with Crippen LogP contribution in [-0.4, -0.2) is 32.4 Å². The van der Waals surface area contributed by atoms with E-state index in [1.54, 1.807) is 6.92 Å². The van der Waals surface area contributed by atoms with E-state index in [0.29, 0.717) is 12.1 Å². The molecule has 2 heterocycles. The molecule has 0 fully saturated rings. The SMILES string of the molecule is CCc1nc2ccc(C(F)(F)F)cn2c1C(=O)NC(C)C(=O)O. The van der Waals surface area contributed by atoms with Crippen molar-refractivity contribution >= 4 is 17.5 Å². The van der Waals surface area contributed by atoms with Crippen LogP contribution in [0.4, 0.5) is 13.2 Å². The second-order valence-electron chi connectivity index (χ2n) is 4.94. The monoisotopic (exact) mass is 329 g/mol. The molecule has 9 heteroatoms. The Morgan fingerprint density at radius 3 is 2.57 bits per heavy atom. The average molecular weight is 329 g/mol. The van der Waals surface area contributed by atoms with Crippen LogP contribution in [0.1, 0.15) is 35.6 Å². The van der Waals surface area contributed by atoms with Gasteiger partial charge in [-0.1, -0.05) is 6.92 Å². The summed E-state index contributed by atoms with van der Waals surface area (Å²) in [6.07, 6.45) is -3.47. The number of halogens is 3. The number of pyridine rings is 1. The topological polar surface area (TPSA) is 83.7 Å². The van der Waals surface area contributed by atoms with Crippen LogP contribution in [-0.2, 0) is 17.4 Å². The van der Waals surface area contributed by atoms with Crippen LogP contribution < -0.4 is 5.32 Å². The van der Waals surface area contributed by atoms with Crippen molar-refractivity contribution in [3.8, 4) is 0 Å². The molecule has 0 saturated heterocycles. The summed E-state index contributed by atoms with van der Waals surface area (Å²) >= 11 is 0. The first-order chi connectivity index (χ1) is 10.6. The zero-order valence-electron chi connectivity index (χ0n) is 12.3. The van der Waals surface area contributed by atoms with E-state index >= 15 is 0 Å². The van der Waals surface area contributed by atoms with E-state index < -0.39 is 29.7 Å². The van der Waals surface area contributed by atoms with Crippen LogP contribution in [0.15, 0.2) is 18.3 Å². The molecule has 2 rings (SSSR count). The van der Waals surface area contributed by atoms with E-state index in [4.69, 9.17) is 5.11 Å². The van der Waals surface area contributed by atoms with Gasteiger partial charge in [0.25, 0.3) is 5.91 Å². The van der Waals surface area contributed by atoms with Crippen molar-refractivity contribution in [2.24, 2.45) is 0 Å². The quantitative estimate of drug-likeness (QED) is 0.900. The molecule has 2 N–H and O–H groups in total. The molecule has 2 aromatic rings. The fraction of sp³-hybridized carbons (Fsp3) is 0.357. The third-order valence-electron chi connectivity index (χ3n) is 3.29. The second-order valence-corrected chi connectivity index (χ2v) is 4.94. The van der Waals surface area contributed by atoms with Gasteiger partial charge in [0.1, 0.15) is 17.4 Å². The van der Waals surface area contributed by atoms with Gasteiger partial charge < -0.3 is 10.4 Å². The predicted octanol–water partition coefficient (Wildman–Crippen LogP) is 2.12. The van der Waals surface area contributed by atoms with Crippen LogP contribution in [0.2, 0.25) is 0 Å². The molecule has 0 aliphatic carbocycles. The first-order valence-corrected chi connectivity index (χ1v) is 6.77. The molecule has 6 nitrogen and oxygen atoms in total. The maximum atomic E-state index is 12.8. The molecule has 0 spiro atoms. The minimum Gasteiger partial charge on any atom is -0.480 e. The van der Waals surface area contributed by atoms with E-state index in [1.165, 1.54) is 13.0 Å². The third-order valence-corrected chi connectivity index (χ3v) is 3.29. The molecule has 1 unspecified atom stereocenters. The van der Waals surface area contributed by atoms with Gasteiger partial charge in [-0.05, 0) is 25.5 Å². The number of fused-ring (bicyclic) bond motifs is 1. The molecule has 124 valence electrons. The second kappa shape index (κ2) is 5.90. The van der Waals surface area contributed by atoms with Gasteiger partial charge in [0.15, 0.2) is 0 Å². The summed E-state index contributed by atoms with van der Waals surface area (Å²) in [6.45, 7) is 2.96. The number of carboxylic acids is 1. The number of hydrogen-bond acceptors (Lipinski definition) is 3. The summed E-state index contributed by atoms with van der Waals surface area (Å²) in [7, 11) is 0. The number of carbonyl (C=O) groups excluding carboxylic acids is 1. The first-order valence-electron chi connectivity index (χ1n) is 6.77. The molecule has 0 aliphatic heterocycles. The smallest absolute Gasteiger partial charge is 0.417 e. The van der Waals surface area contributed by atoms with Crippen molar-refractivity contribution in [1.82, 2.24) is 14.7 Å². The third kappa shape index (κ3) is 3.27. The summed E-state index contributed by atoms with van der Waals surface area (Å²) in [4.78, 5) is 27.2. The number of carboxylic acid groups (broad SMARTS) is 1. The Kier molecular flexibility index (Phi) is 4.31. The van der Waals surface area contributed by atoms with Crippen molar-refractivity contribution in [1.29, 1.82) is 0 Å². The van der Waals surface area contributed by atoms with Crippen molar-refractivity contribution in [2.45, 2.75) is 32.5 Å². The van der Waals surface area contributed by atoms with Gasteiger partial charge in [0.2, 0.25) is 0 Å². The number of nitrogens with zero attached hydrogens (tertiary/aromatic N) is 2. The van der Waals surface area contributed by atoms with Gasteiger partial charge in [0, 0.05) is 6.20 Å². The van der Waals surface area contributed by atoms with Gasteiger partial charge in [0.05, 0.1) is 11.3 Å². The standard InChI is InChI=1S/C14H14F3N3O3/c1-3-9-11(12(21)18-7(2)13(22)23)20-6-8(14(15,16)17)4-5-10(20)19-9/h4-7H,3H2,1-2H3,(H,18,21)(H,22,23). The number of aliphatic carboxylic acids is 1. The van der Waals surface area contributed by atoms with Gasteiger partial charge in [-0.2, -0.15) is 13.2 Å². The number of imidazole rings is 1. The summed E-state index contributed by atoms with van der Waals surface area (Å²) in [5.74, 6) is -2.04. The zero-order valence-corrected chi connectivity index (χ0v) is 12.3. The Labute approximate surface area is 128 Å². The molecule has 0 bridgehead atoms. The number of rotatable bonds is 4. The Bertz CT molecular complexity index is 768. The van der Waals surface area contributed by atoms with Crippen LogP contribution in [0, 0.1) is 0 Å². The van der Waals surface area contributed by atoms with E-state index in [1.807, 2.05) is 0 Å². The number of aromatic nitrogens is 2. The van der Waals surface area contributed by atoms with E-state index in [-0.39, 0.29) is 11.3 Å². The van der Waals surface area contributed by atoms with Crippen LogP contribution >= 0.6 is 0 Å². The fourth-order valence-electron chi connectivity index (χ4n) is 2.07. The normalized spacial score (nSPS) is 13.1. The molecule has 1 amide bonds. The summed E-state index contributed by atoms with van der Waals surface area (Å²) in [5.41, 5.74) is -0.547. The van der Waals surface area contributed by atoms with Crippen molar-refractivity contribution in [3.05, 3.63) is 35.3 Å².